The molecule has 2 aromatic heterocycles. The van der Waals surface area contributed by atoms with E-state index < -0.39 is 0 Å². The number of aromatic nitrogens is 3. The van der Waals surface area contributed by atoms with E-state index in [1.165, 1.54) is 0 Å². The Morgan fingerprint density at radius 2 is 1.96 bits per heavy atom. The molecule has 4 nitrogen and oxygen atoms in total. The fourth-order valence-electron chi connectivity index (χ4n) is 2.49. The maximum Gasteiger partial charge on any atom is 0.132 e. The zero-order chi connectivity index (χ0) is 18.0. The van der Waals surface area contributed by atoms with Crippen LogP contribution in [0.1, 0.15) is 27.5 Å². The summed E-state index contributed by atoms with van der Waals surface area (Å²) in [5.74, 6) is 0. The fraction of sp³-hybridized carbons (Fsp3) is 0.294. The Bertz CT molecular complexity index is 888. The number of hydrogen-bond acceptors (Lipinski definition) is 4. The van der Waals surface area contributed by atoms with Crippen LogP contribution < -0.4 is 5.32 Å². The summed E-state index contributed by atoms with van der Waals surface area (Å²) in [6.45, 7) is 5.80. The van der Waals surface area contributed by atoms with Crippen molar-refractivity contribution in [3.63, 3.8) is 0 Å². The first-order valence-corrected chi connectivity index (χ1v) is 9.73. The molecule has 3 rings (SSSR count). The van der Waals surface area contributed by atoms with Gasteiger partial charge in [0.05, 0.1) is 12.2 Å². The number of halogens is 3. The van der Waals surface area contributed by atoms with Gasteiger partial charge < -0.3 is 5.32 Å². The smallest absolute Gasteiger partial charge is 0.132 e. The minimum Gasteiger partial charge on any atom is -0.306 e. The summed E-state index contributed by atoms with van der Waals surface area (Å²) in [7, 11) is 0. The molecule has 25 heavy (non-hydrogen) atoms. The van der Waals surface area contributed by atoms with Crippen molar-refractivity contribution in [2.45, 2.75) is 33.5 Å². The maximum atomic E-state index is 6.53. The van der Waals surface area contributed by atoms with E-state index in [-0.39, 0.29) is 0 Å². The van der Waals surface area contributed by atoms with Crippen molar-refractivity contribution in [1.82, 2.24) is 20.1 Å². The summed E-state index contributed by atoms with van der Waals surface area (Å²) < 4.78 is 1.76. The van der Waals surface area contributed by atoms with E-state index >= 15 is 0 Å². The minimum absolute atomic E-state index is 0.501. The van der Waals surface area contributed by atoms with E-state index in [9.17, 15) is 0 Å². The molecule has 1 aromatic carbocycles. The Morgan fingerprint density at radius 1 is 1.16 bits per heavy atom. The van der Waals surface area contributed by atoms with Gasteiger partial charge in [-0.05, 0) is 31.5 Å². The minimum atomic E-state index is 0.501. The lowest BCUT2D eigenvalue weighted by molar-refractivity contribution is 0.675. The zero-order valence-electron chi connectivity index (χ0n) is 13.8. The van der Waals surface area contributed by atoms with Crippen LogP contribution >= 0.6 is 46.1 Å². The zero-order valence-corrected chi connectivity index (χ0v) is 16.9. The molecule has 0 spiro atoms. The molecule has 132 valence electrons. The van der Waals surface area contributed by atoms with Gasteiger partial charge >= 0.3 is 0 Å². The van der Waals surface area contributed by atoms with Crippen LogP contribution in [0.15, 0.2) is 23.6 Å². The van der Waals surface area contributed by atoms with Crippen LogP contribution in [0.2, 0.25) is 15.2 Å². The van der Waals surface area contributed by atoms with Gasteiger partial charge in [0.15, 0.2) is 0 Å². The Labute approximate surface area is 165 Å². The van der Waals surface area contributed by atoms with Gasteiger partial charge in [0, 0.05) is 39.8 Å². The molecule has 0 atom stereocenters. The van der Waals surface area contributed by atoms with Crippen molar-refractivity contribution in [3.8, 4) is 0 Å². The van der Waals surface area contributed by atoms with Gasteiger partial charge in [-0.3, -0.25) is 0 Å². The monoisotopic (exact) mass is 414 g/mol. The van der Waals surface area contributed by atoms with Gasteiger partial charge in [-0.2, -0.15) is 5.10 Å². The first kappa shape index (κ1) is 18.7. The number of thiazole rings is 1. The van der Waals surface area contributed by atoms with Crippen molar-refractivity contribution in [1.29, 1.82) is 0 Å². The number of benzene rings is 1. The number of nitrogens with zero attached hydrogens (tertiary/aromatic N) is 3. The Kier molecular flexibility index (Phi) is 6.02. The molecular formula is C17H17Cl3N4S. The average Bonchev–Trinajstić information content (AvgIpc) is 3.08. The van der Waals surface area contributed by atoms with Gasteiger partial charge in [0.2, 0.25) is 0 Å². The van der Waals surface area contributed by atoms with Crippen LogP contribution in [0.5, 0.6) is 0 Å². The molecule has 0 fully saturated rings. The largest absolute Gasteiger partial charge is 0.306 e. The lowest BCUT2D eigenvalue weighted by Gasteiger charge is -2.07. The van der Waals surface area contributed by atoms with E-state index in [4.69, 9.17) is 34.8 Å². The Balaban J connectivity index is 1.69. The van der Waals surface area contributed by atoms with Crippen molar-refractivity contribution in [2.24, 2.45) is 0 Å². The molecule has 0 saturated carbocycles. The summed E-state index contributed by atoms with van der Waals surface area (Å²) in [4.78, 5) is 4.44. The lowest BCUT2D eigenvalue weighted by Crippen LogP contribution is -2.13. The lowest BCUT2D eigenvalue weighted by atomic mass is 10.2. The number of rotatable bonds is 6. The number of nitrogens with one attached hydrogen (secondary N) is 1. The van der Waals surface area contributed by atoms with Gasteiger partial charge in [0.1, 0.15) is 10.2 Å². The Hall–Kier alpha value is -1.11. The van der Waals surface area contributed by atoms with Crippen LogP contribution in [0.25, 0.3) is 0 Å². The molecule has 3 aromatic rings. The number of aryl methyl sites for hydroxylation is 2. The van der Waals surface area contributed by atoms with Crippen molar-refractivity contribution >= 4 is 46.1 Å². The third kappa shape index (κ3) is 4.54. The fourth-order valence-corrected chi connectivity index (χ4v) is 4.00. The van der Waals surface area contributed by atoms with Crippen molar-refractivity contribution < 1.29 is 0 Å². The summed E-state index contributed by atoms with van der Waals surface area (Å²) >= 11 is 20.4. The maximum absolute atomic E-state index is 6.53. The summed E-state index contributed by atoms with van der Waals surface area (Å²) in [5, 5.41) is 12.9. The molecule has 0 bridgehead atoms. The van der Waals surface area contributed by atoms with E-state index in [2.05, 4.69) is 15.4 Å². The highest BCUT2D eigenvalue weighted by atomic mass is 35.5. The predicted molar refractivity (Wildman–Crippen MR) is 105 cm³/mol. The molecule has 0 unspecified atom stereocenters. The molecule has 0 amide bonds. The average molecular weight is 416 g/mol. The van der Waals surface area contributed by atoms with E-state index in [0.29, 0.717) is 34.8 Å². The highest BCUT2D eigenvalue weighted by Gasteiger charge is 2.14. The van der Waals surface area contributed by atoms with Crippen LogP contribution in [0.4, 0.5) is 0 Å². The molecular weight excluding hydrogens is 399 g/mol. The summed E-state index contributed by atoms with van der Waals surface area (Å²) in [5.41, 5.74) is 3.86. The van der Waals surface area contributed by atoms with Gasteiger partial charge in [-0.15, -0.1) is 11.3 Å². The molecule has 0 saturated heterocycles. The molecule has 8 heteroatoms. The molecule has 0 aliphatic heterocycles. The summed E-state index contributed by atoms with van der Waals surface area (Å²) in [6, 6.07) is 5.42. The molecule has 0 aliphatic carbocycles. The molecule has 0 aliphatic rings. The first-order valence-electron chi connectivity index (χ1n) is 7.71. The van der Waals surface area contributed by atoms with Gasteiger partial charge in [-0.1, -0.05) is 40.9 Å². The van der Waals surface area contributed by atoms with Gasteiger partial charge in [0.25, 0.3) is 0 Å². The third-order valence-electron chi connectivity index (χ3n) is 3.76. The predicted octanol–water partition coefficient (Wildman–Crippen LogP) is 5.25. The van der Waals surface area contributed by atoms with Crippen LogP contribution in [-0.2, 0) is 19.6 Å². The summed E-state index contributed by atoms with van der Waals surface area (Å²) in [6.07, 6.45) is 0. The second-order valence-electron chi connectivity index (χ2n) is 5.73. The topological polar surface area (TPSA) is 42.7 Å². The number of hydrogen-bond donors (Lipinski definition) is 1. The van der Waals surface area contributed by atoms with Crippen LogP contribution in [0, 0.1) is 13.8 Å². The van der Waals surface area contributed by atoms with Gasteiger partial charge in [-0.25, -0.2) is 9.67 Å². The molecule has 1 N–H and O–H groups in total. The SMILES string of the molecule is Cc1csc(CNCc2c(C)nn(Cc3ccc(Cl)cc3Cl)c2Cl)n1. The third-order valence-corrected chi connectivity index (χ3v) is 5.74. The molecule has 2 heterocycles. The molecule has 0 radical (unpaired) electrons. The van der Waals surface area contributed by atoms with Crippen LogP contribution in [-0.4, -0.2) is 14.8 Å². The second-order valence-corrected chi connectivity index (χ2v) is 7.88. The van der Waals surface area contributed by atoms with E-state index in [0.717, 1.165) is 27.5 Å². The highest BCUT2D eigenvalue weighted by molar-refractivity contribution is 7.09. The quantitative estimate of drug-likeness (QED) is 0.597. The second kappa shape index (κ2) is 8.06. The first-order chi connectivity index (χ1) is 11.9. The highest BCUT2D eigenvalue weighted by Crippen LogP contribution is 2.25. The normalized spacial score (nSPS) is 11.2. The standard InChI is InChI=1S/C17H17Cl3N4S/c1-10-9-25-16(22-10)7-21-6-14-11(2)23-24(17(14)20)8-12-3-4-13(18)5-15(12)19/h3-5,9,21H,6-8H2,1-2H3. The van der Waals surface area contributed by atoms with Crippen LogP contribution in [0.3, 0.4) is 0 Å². The van der Waals surface area contributed by atoms with Crippen molar-refractivity contribution in [3.05, 3.63) is 66.3 Å². The van der Waals surface area contributed by atoms with E-state index in [1.54, 1.807) is 22.1 Å². The Morgan fingerprint density at radius 3 is 2.64 bits per heavy atom. The van der Waals surface area contributed by atoms with E-state index in [1.807, 2.05) is 31.4 Å². The van der Waals surface area contributed by atoms with Crippen molar-refractivity contribution in [2.75, 3.05) is 0 Å².